The number of Topliss-reactive ketones (excluding diaryl/α,β-unsaturated/α-hetero) is 1. The number of fused-ring (bicyclic) bond motifs is 1. The fourth-order valence-corrected chi connectivity index (χ4v) is 2.97. The number of hydrogen-bond donors (Lipinski definition) is 1. The highest BCUT2D eigenvalue weighted by Gasteiger charge is 2.38. The van der Waals surface area contributed by atoms with Crippen LogP contribution in [0.15, 0.2) is 12.1 Å². The Kier molecular flexibility index (Phi) is 7.40. The molecule has 0 spiro atoms. The molecule has 0 amide bonds. The van der Waals surface area contributed by atoms with Gasteiger partial charge in [-0.05, 0) is 51.3 Å². The fraction of sp³-hybridized carbons (Fsp3) is 0.550. The number of rotatable bonds is 7. The zero-order valence-corrected chi connectivity index (χ0v) is 17.1. The van der Waals surface area contributed by atoms with Crippen LogP contribution in [0.2, 0.25) is 5.82 Å². The largest absolute Gasteiger partial charge is 0.535 e. The summed E-state index contributed by atoms with van der Waals surface area (Å²) >= 11 is 0. The number of halogens is 1. The van der Waals surface area contributed by atoms with Crippen LogP contribution in [0.3, 0.4) is 0 Å². The van der Waals surface area contributed by atoms with Crippen molar-refractivity contribution < 1.29 is 37.9 Å². The number of benzene rings is 1. The first-order chi connectivity index (χ1) is 13.5. The minimum Gasteiger partial charge on any atom is -0.535 e. The van der Waals surface area contributed by atoms with Gasteiger partial charge in [-0.1, -0.05) is 6.92 Å². The van der Waals surface area contributed by atoms with Gasteiger partial charge in [-0.25, -0.2) is 9.18 Å². The highest BCUT2D eigenvalue weighted by atomic mass is 19.1. The van der Waals surface area contributed by atoms with Crippen molar-refractivity contribution in [2.24, 2.45) is 5.41 Å². The third kappa shape index (κ3) is 6.03. The van der Waals surface area contributed by atoms with Crippen LogP contribution < -0.4 is 4.65 Å². The van der Waals surface area contributed by atoms with Gasteiger partial charge in [0.25, 0.3) is 0 Å². The molecule has 1 aromatic rings. The third-order valence-corrected chi connectivity index (χ3v) is 4.49. The Balaban J connectivity index is 2.12. The van der Waals surface area contributed by atoms with Crippen molar-refractivity contribution >= 4 is 24.8 Å². The zero-order valence-electron chi connectivity index (χ0n) is 17.1. The molecule has 1 aliphatic heterocycles. The highest BCUT2D eigenvalue weighted by Crippen LogP contribution is 2.37. The molecular formula is C20H26BFO7. The average molecular weight is 408 g/mol. The Morgan fingerprint density at radius 1 is 1.28 bits per heavy atom. The van der Waals surface area contributed by atoms with Gasteiger partial charge in [0, 0.05) is 18.7 Å². The molecular weight excluding hydrogens is 382 g/mol. The second-order valence-corrected chi connectivity index (χ2v) is 8.14. The second-order valence-electron chi connectivity index (χ2n) is 8.14. The summed E-state index contributed by atoms with van der Waals surface area (Å²) in [6.07, 6.45) is 1.38. The molecule has 1 heterocycles. The summed E-state index contributed by atoms with van der Waals surface area (Å²) in [4.78, 5) is 36.0. The molecule has 1 N–H and O–H groups in total. The van der Waals surface area contributed by atoms with Crippen LogP contribution in [0.4, 0.5) is 4.39 Å². The van der Waals surface area contributed by atoms with Gasteiger partial charge in [-0.15, -0.1) is 0 Å². The first-order valence-corrected chi connectivity index (χ1v) is 9.56. The molecule has 1 atom stereocenters. The van der Waals surface area contributed by atoms with E-state index >= 15 is 0 Å². The van der Waals surface area contributed by atoms with Crippen molar-refractivity contribution in [2.45, 2.75) is 59.2 Å². The molecule has 29 heavy (non-hydrogen) atoms. The molecule has 0 aliphatic carbocycles. The Morgan fingerprint density at radius 2 is 1.97 bits per heavy atom. The summed E-state index contributed by atoms with van der Waals surface area (Å²) in [5, 5.41) is 10.3. The SMILES string of the molecule is CCCC(=O)C[C@H]1Cc2cc(F)cc(C(=O)OCOC(=O)C(C)(C)C)c2OB1O. The summed E-state index contributed by atoms with van der Waals surface area (Å²) in [5.41, 5.74) is -0.616. The van der Waals surface area contributed by atoms with Gasteiger partial charge < -0.3 is 19.2 Å². The van der Waals surface area contributed by atoms with Gasteiger partial charge >= 0.3 is 19.1 Å². The molecule has 0 fully saturated rings. The Bertz CT molecular complexity index is 788. The normalized spacial score (nSPS) is 15.9. The van der Waals surface area contributed by atoms with Crippen molar-refractivity contribution in [2.75, 3.05) is 6.79 Å². The maximum Gasteiger partial charge on any atom is 0.526 e. The van der Waals surface area contributed by atoms with E-state index < -0.39 is 42.9 Å². The molecule has 0 saturated carbocycles. The van der Waals surface area contributed by atoms with Gasteiger partial charge in [0.05, 0.1) is 5.41 Å². The molecule has 0 aromatic heterocycles. The first kappa shape index (κ1) is 22.9. The van der Waals surface area contributed by atoms with E-state index in [9.17, 15) is 23.8 Å². The van der Waals surface area contributed by atoms with Crippen LogP contribution >= 0.6 is 0 Å². The maximum absolute atomic E-state index is 14.1. The van der Waals surface area contributed by atoms with Crippen LogP contribution in [0, 0.1) is 11.2 Å². The van der Waals surface area contributed by atoms with Crippen molar-refractivity contribution in [1.29, 1.82) is 0 Å². The molecule has 1 aromatic carbocycles. The maximum atomic E-state index is 14.1. The van der Waals surface area contributed by atoms with Crippen LogP contribution in [0.25, 0.3) is 0 Å². The molecule has 158 valence electrons. The van der Waals surface area contributed by atoms with E-state index in [1.54, 1.807) is 20.8 Å². The summed E-state index contributed by atoms with van der Waals surface area (Å²) in [6, 6.07) is 2.14. The standard InChI is InChI=1S/C20H26BFO7/c1-5-6-15(23)9-13-7-12-8-14(22)10-16(17(12)29-21(13)26)18(24)27-11-28-19(25)20(2,3)4/h8,10,13,26H,5-7,9,11H2,1-4H3/t13-/m1/s1. The quantitative estimate of drug-likeness (QED) is 0.421. The number of hydrogen-bond acceptors (Lipinski definition) is 7. The molecule has 1 aliphatic rings. The van der Waals surface area contributed by atoms with E-state index in [1.165, 1.54) is 6.07 Å². The fourth-order valence-electron chi connectivity index (χ4n) is 2.97. The predicted molar refractivity (Wildman–Crippen MR) is 103 cm³/mol. The number of carbonyl (C=O) groups is 3. The van der Waals surface area contributed by atoms with Crippen LogP contribution in [0.1, 0.15) is 62.9 Å². The minimum absolute atomic E-state index is 0.00485. The van der Waals surface area contributed by atoms with E-state index in [4.69, 9.17) is 14.1 Å². The van der Waals surface area contributed by atoms with Gasteiger partial charge in [-0.2, -0.15) is 0 Å². The zero-order chi connectivity index (χ0) is 21.8. The second kappa shape index (κ2) is 9.39. The van der Waals surface area contributed by atoms with Crippen molar-refractivity contribution in [3.05, 3.63) is 29.1 Å². The number of ketones is 1. The van der Waals surface area contributed by atoms with E-state index in [-0.39, 0.29) is 29.9 Å². The lowest BCUT2D eigenvalue weighted by Crippen LogP contribution is -2.36. The van der Waals surface area contributed by atoms with Crippen LogP contribution in [-0.2, 0) is 25.5 Å². The third-order valence-electron chi connectivity index (χ3n) is 4.49. The smallest absolute Gasteiger partial charge is 0.526 e. The molecule has 0 radical (unpaired) electrons. The van der Waals surface area contributed by atoms with Crippen molar-refractivity contribution in [3.63, 3.8) is 0 Å². The van der Waals surface area contributed by atoms with E-state index in [0.29, 0.717) is 18.4 Å². The molecule has 9 heteroatoms. The predicted octanol–water partition coefficient (Wildman–Crippen LogP) is 3.07. The van der Waals surface area contributed by atoms with Crippen molar-refractivity contribution in [3.8, 4) is 5.75 Å². The highest BCUT2D eigenvalue weighted by molar-refractivity contribution is 6.47. The Hall–Kier alpha value is -2.42. The summed E-state index contributed by atoms with van der Waals surface area (Å²) in [7, 11) is -1.31. The summed E-state index contributed by atoms with van der Waals surface area (Å²) < 4.78 is 29.3. The Labute approximate surface area is 169 Å². The van der Waals surface area contributed by atoms with E-state index in [1.807, 2.05) is 6.92 Å². The molecule has 2 rings (SSSR count). The lowest BCUT2D eigenvalue weighted by Gasteiger charge is -2.28. The van der Waals surface area contributed by atoms with Crippen LogP contribution in [-0.4, -0.2) is 36.7 Å². The van der Waals surface area contributed by atoms with E-state index in [2.05, 4.69) is 0 Å². The topological polar surface area (TPSA) is 99.1 Å². The molecule has 0 saturated heterocycles. The first-order valence-electron chi connectivity index (χ1n) is 9.56. The lowest BCUT2D eigenvalue weighted by molar-refractivity contribution is -0.161. The molecule has 0 unspecified atom stereocenters. The lowest BCUT2D eigenvalue weighted by atomic mass is 9.64. The van der Waals surface area contributed by atoms with Gasteiger partial charge in [0.2, 0.25) is 6.79 Å². The van der Waals surface area contributed by atoms with Crippen LogP contribution in [0.5, 0.6) is 5.75 Å². The monoisotopic (exact) mass is 408 g/mol. The number of carbonyl (C=O) groups excluding carboxylic acids is 3. The molecule has 0 bridgehead atoms. The van der Waals surface area contributed by atoms with Gasteiger partial charge in [0.1, 0.15) is 22.9 Å². The summed E-state index contributed by atoms with van der Waals surface area (Å²) in [5.74, 6) is -2.72. The number of ether oxygens (including phenoxy) is 2. The van der Waals surface area contributed by atoms with E-state index in [0.717, 1.165) is 6.07 Å². The van der Waals surface area contributed by atoms with Crippen molar-refractivity contribution in [1.82, 2.24) is 0 Å². The minimum atomic E-state index is -1.31. The average Bonchev–Trinajstić information content (AvgIpc) is 2.61. The van der Waals surface area contributed by atoms with Gasteiger partial charge in [-0.3, -0.25) is 9.59 Å². The Morgan fingerprint density at radius 3 is 2.59 bits per heavy atom. The molecule has 7 nitrogen and oxygen atoms in total. The summed E-state index contributed by atoms with van der Waals surface area (Å²) in [6.45, 7) is 6.20. The number of esters is 2. The van der Waals surface area contributed by atoms with Gasteiger partial charge in [0.15, 0.2) is 0 Å².